The molecule has 2 aliphatic heterocycles. The second kappa shape index (κ2) is 10.3. The Morgan fingerprint density at radius 1 is 0.784 bits per heavy atom. The quantitative estimate of drug-likeness (QED) is 0.484. The molecule has 0 fully saturated rings. The first kappa shape index (κ1) is 16.1. The maximum absolute atomic E-state index is 11.1. The van der Waals surface area contributed by atoms with E-state index >= 15 is 0 Å². The SMILES string of the molecule is [2H]C([2H])([2H])Oc1cc2c(c(OC([2H])([2H])[2H])c1)C[C@H](O)[C@@H](c1ccc3c(c1)O[C@H](c1ccc(OC([2H])([2H])[2H])c(OC)c1)[C@@H](CO)O3)O2. The molecule has 0 aliphatic carbocycles. The molecule has 2 aliphatic rings. The van der Waals surface area contributed by atoms with Crippen LogP contribution in [-0.4, -0.2) is 57.3 Å². The largest absolute Gasteiger partial charge is 0.496 e. The number of benzene rings is 3. The second-order valence-electron chi connectivity index (χ2n) is 8.51. The highest BCUT2D eigenvalue weighted by Crippen LogP contribution is 2.46. The molecule has 0 amide bonds. The fourth-order valence-electron chi connectivity index (χ4n) is 4.56. The van der Waals surface area contributed by atoms with Crippen molar-refractivity contribution in [3.05, 3.63) is 65.2 Å². The van der Waals surface area contributed by atoms with E-state index in [4.69, 9.17) is 45.5 Å². The number of ether oxygens (including phenoxy) is 7. The number of hydrogen-bond donors (Lipinski definition) is 2. The van der Waals surface area contributed by atoms with Crippen molar-refractivity contribution in [3.8, 4) is 40.2 Å². The van der Waals surface area contributed by atoms with E-state index in [2.05, 4.69) is 0 Å². The molecule has 0 bridgehead atoms. The number of hydrogen-bond acceptors (Lipinski definition) is 9. The molecule has 0 saturated heterocycles. The standard InChI is InChI=1S/C28H30O9/c1-31-17-11-22(33-3)18-13-19(30)27(36-23(18)12-17)15-6-8-21-25(10-15)37-28(26(14-29)35-21)16-5-7-20(32-2)24(9-16)34-4/h5-12,19,26-30H,13-14H2,1-4H3/t19-,26+,27+,28+/m0/s1/i1D3,2D3,3D3. The number of rotatable bonds is 7. The van der Waals surface area contributed by atoms with Crippen molar-refractivity contribution in [1.29, 1.82) is 0 Å². The van der Waals surface area contributed by atoms with Crippen molar-refractivity contribution in [2.24, 2.45) is 0 Å². The third-order valence-corrected chi connectivity index (χ3v) is 6.36. The zero-order chi connectivity index (χ0) is 33.6. The van der Waals surface area contributed by atoms with Crippen LogP contribution in [0.15, 0.2) is 48.5 Å². The molecular weight excluding hydrogens is 480 g/mol. The minimum atomic E-state index is -2.88. The van der Waals surface area contributed by atoms with Gasteiger partial charge in [-0.15, -0.1) is 0 Å². The van der Waals surface area contributed by atoms with Crippen LogP contribution in [0.3, 0.4) is 0 Å². The Labute approximate surface area is 227 Å². The first-order chi connectivity index (χ1) is 21.4. The van der Waals surface area contributed by atoms with Gasteiger partial charge in [-0.1, -0.05) is 12.1 Å². The predicted octanol–water partition coefficient (Wildman–Crippen LogP) is 3.63. The van der Waals surface area contributed by atoms with Crippen LogP contribution in [0.5, 0.6) is 40.2 Å². The molecule has 9 heteroatoms. The van der Waals surface area contributed by atoms with Gasteiger partial charge in [-0.05, 0) is 29.8 Å². The predicted molar refractivity (Wildman–Crippen MR) is 133 cm³/mol. The minimum Gasteiger partial charge on any atom is -0.496 e. The first-order valence-corrected chi connectivity index (χ1v) is 11.3. The van der Waals surface area contributed by atoms with Gasteiger partial charge in [0.1, 0.15) is 23.4 Å². The molecule has 0 saturated carbocycles. The van der Waals surface area contributed by atoms with Gasteiger partial charge in [-0.2, -0.15) is 0 Å². The highest BCUT2D eigenvalue weighted by molar-refractivity contribution is 5.53. The molecule has 0 spiro atoms. The van der Waals surface area contributed by atoms with Crippen LogP contribution >= 0.6 is 0 Å². The number of aliphatic hydroxyl groups is 2. The van der Waals surface area contributed by atoms with Gasteiger partial charge < -0.3 is 43.4 Å². The molecule has 3 aromatic rings. The van der Waals surface area contributed by atoms with E-state index in [9.17, 15) is 10.2 Å². The molecule has 4 atom stereocenters. The van der Waals surface area contributed by atoms with Crippen molar-refractivity contribution >= 4 is 0 Å². The van der Waals surface area contributed by atoms with Gasteiger partial charge in [0.05, 0.1) is 53.3 Å². The van der Waals surface area contributed by atoms with E-state index in [0.717, 1.165) is 6.07 Å². The van der Waals surface area contributed by atoms with Gasteiger partial charge in [-0.3, -0.25) is 0 Å². The van der Waals surface area contributed by atoms with Crippen LogP contribution < -0.4 is 33.2 Å². The van der Waals surface area contributed by atoms with E-state index in [-0.39, 0.29) is 46.5 Å². The molecule has 9 nitrogen and oxygen atoms in total. The van der Waals surface area contributed by atoms with Crippen molar-refractivity contribution < 1.29 is 55.7 Å². The lowest BCUT2D eigenvalue weighted by atomic mass is 9.93. The van der Waals surface area contributed by atoms with Crippen molar-refractivity contribution in [2.75, 3.05) is 34.8 Å². The fourth-order valence-corrected chi connectivity index (χ4v) is 4.56. The summed E-state index contributed by atoms with van der Waals surface area (Å²) in [6.45, 7) is -0.426. The molecule has 0 aromatic heterocycles. The third kappa shape index (κ3) is 4.56. The Morgan fingerprint density at radius 2 is 1.54 bits per heavy atom. The molecule has 2 N–H and O–H groups in total. The van der Waals surface area contributed by atoms with Gasteiger partial charge in [0.2, 0.25) is 0 Å². The minimum absolute atomic E-state index is 0.0187. The molecule has 0 unspecified atom stereocenters. The summed E-state index contributed by atoms with van der Waals surface area (Å²) < 4.78 is 106. The molecular formula is C28H30O9. The summed E-state index contributed by atoms with van der Waals surface area (Å²) in [6.07, 6.45) is -4.04. The highest BCUT2D eigenvalue weighted by Gasteiger charge is 2.36. The van der Waals surface area contributed by atoms with E-state index in [1.807, 2.05) is 0 Å². The Kier molecular flexibility index (Phi) is 4.47. The Morgan fingerprint density at radius 3 is 2.32 bits per heavy atom. The normalized spacial score (nSPS) is 26.5. The van der Waals surface area contributed by atoms with Crippen LogP contribution in [-0.2, 0) is 6.42 Å². The lowest BCUT2D eigenvalue weighted by Crippen LogP contribution is -2.36. The summed E-state index contributed by atoms with van der Waals surface area (Å²) in [5.74, 6) is 0.237. The average Bonchev–Trinajstić information content (AvgIpc) is 2.94. The number of methoxy groups -OCH3 is 4. The summed E-state index contributed by atoms with van der Waals surface area (Å²) in [6, 6.07) is 11.6. The third-order valence-electron chi connectivity index (χ3n) is 6.36. The lowest BCUT2D eigenvalue weighted by Gasteiger charge is -2.35. The van der Waals surface area contributed by atoms with Gasteiger partial charge in [0.25, 0.3) is 0 Å². The maximum Gasteiger partial charge on any atom is 0.163 e. The van der Waals surface area contributed by atoms with Crippen LogP contribution in [0.2, 0.25) is 0 Å². The van der Waals surface area contributed by atoms with Gasteiger partial charge in [-0.25, -0.2) is 0 Å². The zero-order valence-electron chi connectivity index (χ0n) is 28.6. The molecule has 0 radical (unpaired) electrons. The van der Waals surface area contributed by atoms with Gasteiger partial charge in [0.15, 0.2) is 35.2 Å². The number of aliphatic hydroxyl groups excluding tert-OH is 2. The van der Waals surface area contributed by atoms with Gasteiger partial charge >= 0.3 is 0 Å². The van der Waals surface area contributed by atoms with E-state index in [0.29, 0.717) is 16.9 Å². The smallest absolute Gasteiger partial charge is 0.163 e. The van der Waals surface area contributed by atoms with E-state index < -0.39 is 52.1 Å². The second-order valence-corrected chi connectivity index (χ2v) is 8.51. The molecule has 3 aromatic carbocycles. The topological polar surface area (TPSA) is 105 Å². The zero-order valence-corrected chi connectivity index (χ0v) is 19.6. The van der Waals surface area contributed by atoms with Crippen LogP contribution in [0, 0.1) is 0 Å². The van der Waals surface area contributed by atoms with Crippen molar-refractivity contribution in [2.45, 2.75) is 30.8 Å². The van der Waals surface area contributed by atoms with Crippen LogP contribution in [0.1, 0.15) is 41.2 Å². The van der Waals surface area contributed by atoms with E-state index in [1.165, 1.54) is 25.3 Å². The van der Waals surface area contributed by atoms with E-state index in [1.54, 1.807) is 24.3 Å². The summed E-state index contributed by atoms with van der Waals surface area (Å²) in [4.78, 5) is 0. The molecule has 196 valence electrons. The average molecular weight is 520 g/mol. The Hall–Kier alpha value is -3.82. The van der Waals surface area contributed by atoms with Crippen molar-refractivity contribution in [3.63, 3.8) is 0 Å². The van der Waals surface area contributed by atoms with Gasteiger partial charge in [0, 0.05) is 29.7 Å². The van der Waals surface area contributed by atoms with Crippen molar-refractivity contribution in [1.82, 2.24) is 0 Å². The monoisotopic (exact) mass is 519 g/mol. The first-order valence-electron chi connectivity index (χ1n) is 15.8. The Balaban J connectivity index is 1.45. The lowest BCUT2D eigenvalue weighted by molar-refractivity contribution is -0.0133. The summed E-state index contributed by atoms with van der Waals surface area (Å²) in [7, 11) is -7.08. The highest BCUT2D eigenvalue weighted by atomic mass is 16.6. The summed E-state index contributed by atoms with van der Waals surface area (Å²) in [5, 5.41) is 21.2. The Bertz CT molecular complexity index is 1570. The summed E-state index contributed by atoms with van der Waals surface area (Å²) in [5.41, 5.74) is 1.12. The number of fused-ring (bicyclic) bond motifs is 2. The molecule has 5 rings (SSSR count). The van der Waals surface area contributed by atoms with Crippen LogP contribution in [0.4, 0.5) is 0 Å². The fraction of sp³-hybridized carbons (Fsp3) is 0.357. The summed E-state index contributed by atoms with van der Waals surface area (Å²) >= 11 is 0. The molecule has 2 heterocycles. The van der Waals surface area contributed by atoms with Crippen LogP contribution in [0.25, 0.3) is 0 Å². The maximum atomic E-state index is 11.1. The molecule has 37 heavy (non-hydrogen) atoms.